The number of pyridine rings is 1. The molecule has 2 aromatic heterocycles. The molecule has 0 aliphatic heterocycles. The van der Waals surface area contributed by atoms with Crippen molar-refractivity contribution in [1.82, 2.24) is 9.38 Å². The predicted molar refractivity (Wildman–Crippen MR) is 88.5 cm³/mol. The van der Waals surface area contributed by atoms with Crippen molar-refractivity contribution < 1.29 is 4.74 Å². The fraction of sp³-hybridized carbons (Fsp3) is 0.188. The lowest BCUT2D eigenvalue weighted by atomic mass is 10.1. The highest BCUT2D eigenvalue weighted by molar-refractivity contribution is 9.10. The maximum absolute atomic E-state index is 6.21. The van der Waals surface area contributed by atoms with Gasteiger partial charge in [0.1, 0.15) is 17.3 Å². The highest BCUT2D eigenvalue weighted by Gasteiger charge is 2.12. The zero-order valence-electron chi connectivity index (χ0n) is 11.7. The molecule has 5 heteroatoms. The quantitative estimate of drug-likeness (QED) is 0.773. The van der Waals surface area contributed by atoms with Gasteiger partial charge in [0, 0.05) is 11.8 Å². The molecule has 0 saturated carbocycles. The number of hydrogen-bond acceptors (Lipinski definition) is 3. The van der Waals surface area contributed by atoms with E-state index < -0.39 is 0 Å². The molecule has 4 nitrogen and oxygen atoms in total. The average Bonchev–Trinajstić information content (AvgIpc) is 2.85. The number of nitrogens with two attached hydrogens (primary N) is 1. The van der Waals surface area contributed by atoms with E-state index in [1.807, 2.05) is 47.0 Å². The topological polar surface area (TPSA) is 52.5 Å². The van der Waals surface area contributed by atoms with E-state index in [1.165, 1.54) is 0 Å². The molecule has 0 spiro atoms. The normalized spacial score (nSPS) is 11.0. The second kappa shape index (κ2) is 5.77. The molecule has 2 heterocycles. The van der Waals surface area contributed by atoms with Crippen LogP contribution in [0.3, 0.4) is 0 Å². The third-order valence-corrected chi connectivity index (χ3v) is 3.86. The van der Waals surface area contributed by atoms with Crippen LogP contribution in [-0.4, -0.2) is 16.0 Å². The van der Waals surface area contributed by atoms with E-state index in [9.17, 15) is 0 Å². The summed E-state index contributed by atoms with van der Waals surface area (Å²) in [6.45, 7) is 2.81. The van der Waals surface area contributed by atoms with Gasteiger partial charge in [0.2, 0.25) is 0 Å². The number of rotatable bonds is 4. The predicted octanol–water partition coefficient (Wildman–Crippen LogP) is 4.13. The number of nitrogen functional groups attached to an aromatic ring is 1. The van der Waals surface area contributed by atoms with E-state index >= 15 is 0 Å². The Hall–Kier alpha value is -2.01. The van der Waals surface area contributed by atoms with Gasteiger partial charge in [-0.2, -0.15) is 0 Å². The van der Waals surface area contributed by atoms with E-state index in [0.29, 0.717) is 5.82 Å². The van der Waals surface area contributed by atoms with Gasteiger partial charge < -0.3 is 10.5 Å². The van der Waals surface area contributed by atoms with Gasteiger partial charge in [-0.25, -0.2) is 4.98 Å². The van der Waals surface area contributed by atoms with Crippen LogP contribution in [0.25, 0.3) is 16.9 Å². The molecule has 0 unspecified atom stereocenters. The maximum Gasteiger partial charge on any atom is 0.153 e. The van der Waals surface area contributed by atoms with Crippen LogP contribution >= 0.6 is 15.9 Å². The van der Waals surface area contributed by atoms with Crippen molar-refractivity contribution >= 4 is 27.4 Å². The Bertz CT molecular complexity index is 765. The summed E-state index contributed by atoms with van der Waals surface area (Å²) in [7, 11) is 0. The largest absolute Gasteiger partial charge is 0.494 e. The molecule has 1 aromatic carbocycles. The van der Waals surface area contributed by atoms with Gasteiger partial charge in [-0.05, 0) is 58.7 Å². The van der Waals surface area contributed by atoms with E-state index in [0.717, 1.165) is 40.2 Å². The van der Waals surface area contributed by atoms with Crippen LogP contribution in [0.4, 0.5) is 5.82 Å². The number of aromatic nitrogens is 2. The minimum Gasteiger partial charge on any atom is -0.494 e. The monoisotopic (exact) mass is 345 g/mol. The molecule has 0 saturated heterocycles. The molecule has 2 N–H and O–H groups in total. The summed E-state index contributed by atoms with van der Waals surface area (Å²) in [4.78, 5) is 4.62. The van der Waals surface area contributed by atoms with Gasteiger partial charge in [0.05, 0.1) is 11.1 Å². The van der Waals surface area contributed by atoms with Gasteiger partial charge in [0.25, 0.3) is 0 Å². The Labute approximate surface area is 131 Å². The smallest absolute Gasteiger partial charge is 0.153 e. The third kappa shape index (κ3) is 2.61. The Morgan fingerprint density at radius 2 is 2.00 bits per heavy atom. The second-order valence-corrected chi connectivity index (χ2v) is 5.62. The number of fused-ring (bicyclic) bond motifs is 1. The van der Waals surface area contributed by atoms with Gasteiger partial charge in [-0.3, -0.25) is 4.40 Å². The van der Waals surface area contributed by atoms with E-state index in [-0.39, 0.29) is 0 Å². The van der Waals surface area contributed by atoms with E-state index in [1.54, 1.807) is 0 Å². The standard InChI is InChI=1S/C16H16BrN3O/c1-2-10-21-12-7-5-11(6-8-12)14-15(18)20-9-3-4-13(17)16(20)19-14/h3-9H,2,10,18H2,1H3. The molecule has 0 fully saturated rings. The number of ether oxygens (including phenoxy) is 1. The highest BCUT2D eigenvalue weighted by atomic mass is 79.9. The van der Waals surface area contributed by atoms with Crippen molar-refractivity contribution in [2.75, 3.05) is 12.3 Å². The summed E-state index contributed by atoms with van der Waals surface area (Å²) in [5, 5.41) is 0. The van der Waals surface area contributed by atoms with Gasteiger partial charge in [-0.1, -0.05) is 6.92 Å². The van der Waals surface area contributed by atoms with Crippen molar-refractivity contribution in [2.45, 2.75) is 13.3 Å². The summed E-state index contributed by atoms with van der Waals surface area (Å²) in [5.41, 5.74) is 8.78. The van der Waals surface area contributed by atoms with Crippen molar-refractivity contribution in [3.8, 4) is 17.0 Å². The maximum atomic E-state index is 6.21. The molecule has 21 heavy (non-hydrogen) atoms. The molecule has 0 radical (unpaired) electrons. The van der Waals surface area contributed by atoms with E-state index in [2.05, 4.69) is 27.8 Å². The van der Waals surface area contributed by atoms with Crippen molar-refractivity contribution in [2.24, 2.45) is 0 Å². The van der Waals surface area contributed by atoms with Crippen LogP contribution in [0, 0.1) is 0 Å². The van der Waals surface area contributed by atoms with Gasteiger partial charge in [0.15, 0.2) is 5.65 Å². The SMILES string of the molecule is CCCOc1ccc(-c2nc3c(Br)cccn3c2N)cc1. The average molecular weight is 346 g/mol. The first-order valence-corrected chi connectivity index (χ1v) is 7.65. The molecular weight excluding hydrogens is 330 g/mol. The van der Waals surface area contributed by atoms with Crippen LogP contribution in [0.5, 0.6) is 5.75 Å². The third-order valence-electron chi connectivity index (χ3n) is 3.24. The summed E-state index contributed by atoms with van der Waals surface area (Å²) < 4.78 is 8.39. The zero-order chi connectivity index (χ0) is 14.8. The lowest BCUT2D eigenvalue weighted by Crippen LogP contribution is -1.95. The van der Waals surface area contributed by atoms with Gasteiger partial charge in [-0.15, -0.1) is 0 Å². The molecule has 0 atom stereocenters. The van der Waals surface area contributed by atoms with Crippen LogP contribution in [0.1, 0.15) is 13.3 Å². The first-order valence-electron chi connectivity index (χ1n) is 6.86. The number of anilines is 1. The summed E-state index contributed by atoms with van der Waals surface area (Å²) in [6, 6.07) is 11.7. The van der Waals surface area contributed by atoms with Crippen LogP contribution in [0.15, 0.2) is 47.1 Å². The lowest BCUT2D eigenvalue weighted by Gasteiger charge is -2.05. The molecule has 3 aromatic rings. The Morgan fingerprint density at radius 1 is 1.24 bits per heavy atom. The van der Waals surface area contributed by atoms with Crippen molar-refractivity contribution in [3.63, 3.8) is 0 Å². The molecule has 0 aliphatic carbocycles. The summed E-state index contributed by atoms with van der Waals surface area (Å²) >= 11 is 3.50. The number of benzene rings is 1. The van der Waals surface area contributed by atoms with Crippen molar-refractivity contribution in [3.05, 3.63) is 47.1 Å². The number of halogens is 1. The first-order chi connectivity index (χ1) is 10.2. The Morgan fingerprint density at radius 3 is 2.67 bits per heavy atom. The van der Waals surface area contributed by atoms with Crippen LogP contribution in [0.2, 0.25) is 0 Å². The molecule has 3 rings (SSSR count). The van der Waals surface area contributed by atoms with E-state index in [4.69, 9.17) is 10.5 Å². The first kappa shape index (κ1) is 13.9. The Balaban J connectivity index is 2.00. The lowest BCUT2D eigenvalue weighted by molar-refractivity contribution is 0.317. The summed E-state index contributed by atoms with van der Waals surface area (Å²) in [5.74, 6) is 1.50. The highest BCUT2D eigenvalue weighted by Crippen LogP contribution is 2.30. The second-order valence-electron chi connectivity index (χ2n) is 4.77. The number of nitrogens with zero attached hydrogens (tertiary/aromatic N) is 2. The van der Waals surface area contributed by atoms with Crippen molar-refractivity contribution in [1.29, 1.82) is 0 Å². The fourth-order valence-electron chi connectivity index (χ4n) is 2.19. The Kier molecular flexibility index (Phi) is 3.84. The zero-order valence-corrected chi connectivity index (χ0v) is 13.3. The minimum atomic E-state index is 0.633. The van der Waals surface area contributed by atoms with Crippen LogP contribution < -0.4 is 10.5 Å². The van der Waals surface area contributed by atoms with Gasteiger partial charge >= 0.3 is 0 Å². The minimum absolute atomic E-state index is 0.633. The van der Waals surface area contributed by atoms with Crippen LogP contribution in [-0.2, 0) is 0 Å². The molecule has 108 valence electrons. The molecule has 0 amide bonds. The number of hydrogen-bond donors (Lipinski definition) is 1. The molecular formula is C16H16BrN3O. The summed E-state index contributed by atoms with van der Waals surface area (Å²) in [6.07, 6.45) is 2.90. The molecule has 0 bridgehead atoms. The fourth-order valence-corrected chi connectivity index (χ4v) is 2.63. The molecule has 0 aliphatic rings. The number of imidazole rings is 1.